The predicted molar refractivity (Wildman–Crippen MR) is 108 cm³/mol. The van der Waals surface area contributed by atoms with Crippen LogP contribution in [-0.2, 0) is 9.53 Å². The van der Waals surface area contributed by atoms with E-state index in [0.717, 1.165) is 0 Å². The van der Waals surface area contributed by atoms with Crippen LogP contribution >= 0.6 is 11.6 Å². The largest absolute Gasteiger partial charge is 0.478 e. The third-order valence-corrected chi connectivity index (χ3v) is 4.65. The number of anilines is 1. The maximum absolute atomic E-state index is 12.7. The van der Waals surface area contributed by atoms with Gasteiger partial charge in [0, 0.05) is 29.4 Å². The van der Waals surface area contributed by atoms with Crippen LogP contribution in [0, 0.1) is 0 Å². The van der Waals surface area contributed by atoms with E-state index in [2.05, 4.69) is 5.32 Å². The number of nitrogens with one attached hydrogen (secondary N) is 1. The van der Waals surface area contributed by atoms with Crippen LogP contribution in [0.3, 0.4) is 0 Å². The zero-order chi connectivity index (χ0) is 20.1. The molecule has 7 heteroatoms. The van der Waals surface area contributed by atoms with Crippen molar-refractivity contribution in [1.82, 2.24) is 4.90 Å². The molecule has 2 aromatic rings. The average molecular weight is 403 g/mol. The highest BCUT2D eigenvalue weighted by Gasteiger charge is 2.30. The van der Waals surface area contributed by atoms with E-state index in [1.165, 1.54) is 0 Å². The number of amides is 2. The molecule has 1 aliphatic heterocycles. The molecule has 1 heterocycles. The SMILES string of the molecule is CC(C)(Oc1ccc(Cl)cc1)C(=O)Nc1cccc(C(=O)N2CCOCC2)c1. The van der Waals surface area contributed by atoms with Crippen molar-refractivity contribution in [3.05, 3.63) is 59.1 Å². The maximum atomic E-state index is 12.7. The molecule has 3 rings (SSSR count). The standard InChI is InChI=1S/C21H23ClN2O4/c1-21(2,28-18-8-6-16(22)7-9-18)20(26)23-17-5-3-4-15(14-17)19(25)24-10-12-27-13-11-24/h3-9,14H,10-13H2,1-2H3,(H,23,26). The molecule has 1 N–H and O–H groups in total. The van der Waals surface area contributed by atoms with E-state index in [-0.39, 0.29) is 11.8 Å². The Labute approximate surface area is 169 Å². The van der Waals surface area contributed by atoms with Crippen LogP contribution in [0.5, 0.6) is 5.75 Å². The number of carbonyl (C=O) groups is 2. The second-order valence-corrected chi connectivity index (χ2v) is 7.44. The van der Waals surface area contributed by atoms with Crippen molar-refractivity contribution in [2.45, 2.75) is 19.4 Å². The van der Waals surface area contributed by atoms with Gasteiger partial charge in [0.25, 0.3) is 11.8 Å². The normalized spacial score (nSPS) is 14.5. The highest BCUT2D eigenvalue weighted by Crippen LogP contribution is 2.22. The van der Waals surface area contributed by atoms with E-state index in [4.69, 9.17) is 21.1 Å². The van der Waals surface area contributed by atoms with E-state index in [1.54, 1.807) is 67.3 Å². The number of morpholine rings is 1. The van der Waals surface area contributed by atoms with E-state index >= 15 is 0 Å². The van der Waals surface area contributed by atoms with Crippen LogP contribution in [0.1, 0.15) is 24.2 Å². The van der Waals surface area contributed by atoms with Crippen LogP contribution in [0.4, 0.5) is 5.69 Å². The van der Waals surface area contributed by atoms with E-state index in [1.807, 2.05) is 0 Å². The minimum atomic E-state index is -1.11. The average Bonchev–Trinajstić information content (AvgIpc) is 2.70. The molecule has 6 nitrogen and oxygen atoms in total. The number of nitrogens with zero attached hydrogens (tertiary/aromatic N) is 1. The molecule has 1 saturated heterocycles. The molecule has 2 amide bonds. The van der Waals surface area contributed by atoms with Gasteiger partial charge in [-0.2, -0.15) is 0 Å². The first-order valence-electron chi connectivity index (χ1n) is 9.08. The highest BCUT2D eigenvalue weighted by atomic mass is 35.5. The lowest BCUT2D eigenvalue weighted by Crippen LogP contribution is -2.42. The number of carbonyl (C=O) groups excluding carboxylic acids is 2. The zero-order valence-electron chi connectivity index (χ0n) is 15.9. The Morgan fingerprint density at radius 2 is 1.79 bits per heavy atom. The van der Waals surface area contributed by atoms with Crippen molar-refractivity contribution < 1.29 is 19.1 Å². The lowest BCUT2D eigenvalue weighted by molar-refractivity contribution is -0.128. The van der Waals surface area contributed by atoms with Gasteiger partial charge in [-0.3, -0.25) is 9.59 Å². The Kier molecular flexibility index (Phi) is 6.21. The number of rotatable bonds is 5. The van der Waals surface area contributed by atoms with Gasteiger partial charge in [-0.25, -0.2) is 0 Å². The Balaban J connectivity index is 1.67. The monoisotopic (exact) mass is 402 g/mol. The molecule has 0 bridgehead atoms. The molecule has 28 heavy (non-hydrogen) atoms. The Hall–Kier alpha value is -2.57. The molecule has 0 unspecified atom stereocenters. The first kappa shape index (κ1) is 20.2. The fraction of sp³-hybridized carbons (Fsp3) is 0.333. The van der Waals surface area contributed by atoms with E-state index < -0.39 is 5.60 Å². The fourth-order valence-corrected chi connectivity index (χ4v) is 2.93. The van der Waals surface area contributed by atoms with E-state index in [9.17, 15) is 9.59 Å². The van der Waals surface area contributed by atoms with Crippen molar-refractivity contribution in [2.75, 3.05) is 31.6 Å². The minimum Gasteiger partial charge on any atom is -0.478 e. The van der Waals surface area contributed by atoms with Crippen LogP contribution in [-0.4, -0.2) is 48.6 Å². The van der Waals surface area contributed by atoms with E-state index in [0.29, 0.717) is 48.3 Å². The summed E-state index contributed by atoms with van der Waals surface area (Å²) in [5.74, 6) is 0.148. The molecule has 2 aromatic carbocycles. The third kappa shape index (κ3) is 5.03. The molecule has 0 atom stereocenters. The number of halogens is 1. The minimum absolute atomic E-state index is 0.0731. The summed E-state index contributed by atoms with van der Waals surface area (Å²) in [6.45, 7) is 5.57. The van der Waals surface area contributed by atoms with Crippen LogP contribution < -0.4 is 10.1 Å². The van der Waals surface area contributed by atoms with Gasteiger partial charge >= 0.3 is 0 Å². The summed E-state index contributed by atoms with van der Waals surface area (Å²) in [5, 5.41) is 3.42. The predicted octanol–water partition coefficient (Wildman–Crippen LogP) is 3.61. The number of hydrogen-bond acceptors (Lipinski definition) is 4. The maximum Gasteiger partial charge on any atom is 0.267 e. The lowest BCUT2D eigenvalue weighted by Gasteiger charge is -2.27. The summed E-state index contributed by atoms with van der Waals surface area (Å²) in [4.78, 5) is 27.1. The Bertz CT molecular complexity index is 846. The first-order valence-corrected chi connectivity index (χ1v) is 9.46. The van der Waals surface area contributed by atoms with Crippen LogP contribution in [0.2, 0.25) is 5.02 Å². The van der Waals surface area contributed by atoms with Gasteiger partial charge in [0.05, 0.1) is 13.2 Å². The Morgan fingerprint density at radius 1 is 1.11 bits per heavy atom. The molecule has 0 saturated carbocycles. The number of benzene rings is 2. The number of ether oxygens (including phenoxy) is 2. The van der Waals surface area contributed by atoms with Crippen LogP contribution in [0.15, 0.2) is 48.5 Å². The summed E-state index contributed by atoms with van der Waals surface area (Å²) < 4.78 is 11.1. The molecule has 1 fully saturated rings. The fourth-order valence-electron chi connectivity index (χ4n) is 2.80. The van der Waals surface area contributed by atoms with Gasteiger partial charge in [0.15, 0.2) is 5.60 Å². The molecule has 0 aromatic heterocycles. The number of hydrogen-bond donors (Lipinski definition) is 1. The topological polar surface area (TPSA) is 67.9 Å². The molecule has 1 aliphatic rings. The summed E-state index contributed by atoms with van der Waals surface area (Å²) in [7, 11) is 0. The van der Waals surface area contributed by atoms with Gasteiger partial charge in [-0.15, -0.1) is 0 Å². The third-order valence-electron chi connectivity index (χ3n) is 4.40. The first-order chi connectivity index (χ1) is 13.3. The zero-order valence-corrected chi connectivity index (χ0v) is 16.7. The molecule has 0 radical (unpaired) electrons. The van der Waals surface area contributed by atoms with Crippen molar-refractivity contribution in [1.29, 1.82) is 0 Å². The lowest BCUT2D eigenvalue weighted by atomic mass is 10.1. The quantitative estimate of drug-likeness (QED) is 0.829. The Morgan fingerprint density at radius 3 is 2.46 bits per heavy atom. The summed E-state index contributed by atoms with van der Waals surface area (Å²) in [5.41, 5.74) is -0.0501. The van der Waals surface area contributed by atoms with Gasteiger partial charge in [-0.1, -0.05) is 17.7 Å². The van der Waals surface area contributed by atoms with Crippen molar-refractivity contribution >= 4 is 29.1 Å². The second-order valence-electron chi connectivity index (χ2n) is 7.01. The van der Waals surface area contributed by atoms with Crippen LogP contribution in [0.25, 0.3) is 0 Å². The van der Waals surface area contributed by atoms with Gasteiger partial charge in [0.2, 0.25) is 0 Å². The van der Waals surface area contributed by atoms with Gasteiger partial charge in [0.1, 0.15) is 5.75 Å². The van der Waals surface area contributed by atoms with Crippen molar-refractivity contribution in [3.63, 3.8) is 0 Å². The van der Waals surface area contributed by atoms with Crippen molar-refractivity contribution in [3.8, 4) is 5.75 Å². The molecule has 148 valence electrons. The molecule has 0 spiro atoms. The summed E-state index contributed by atoms with van der Waals surface area (Å²) >= 11 is 5.88. The second kappa shape index (κ2) is 8.63. The highest BCUT2D eigenvalue weighted by molar-refractivity contribution is 6.30. The molecular weight excluding hydrogens is 380 g/mol. The van der Waals surface area contributed by atoms with Crippen molar-refractivity contribution in [2.24, 2.45) is 0 Å². The van der Waals surface area contributed by atoms with Gasteiger partial charge < -0.3 is 19.7 Å². The molecular formula is C21H23ClN2O4. The summed E-state index contributed by atoms with van der Waals surface area (Å²) in [6, 6.07) is 13.7. The van der Waals surface area contributed by atoms with Gasteiger partial charge in [-0.05, 0) is 56.3 Å². The smallest absolute Gasteiger partial charge is 0.267 e. The molecule has 0 aliphatic carbocycles. The summed E-state index contributed by atoms with van der Waals surface area (Å²) in [6.07, 6.45) is 0.